The van der Waals surface area contributed by atoms with Crippen molar-refractivity contribution in [3.63, 3.8) is 0 Å². The van der Waals surface area contributed by atoms with Gasteiger partial charge >= 0.3 is 0 Å². The quantitative estimate of drug-likeness (QED) is 0.915. The number of carbonyl (C=O) groups is 1. The average molecular weight is 272 g/mol. The van der Waals surface area contributed by atoms with Crippen LogP contribution in [0.4, 0.5) is 0 Å². The number of nitrogens with two attached hydrogens (primary N) is 1. The Balaban J connectivity index is 2.91. The maximum atomic E-state index is 11.1. The molecule has 0 heterocycles. The molecule has 0 spiro atoms. The Morgan fingerprint density at radius 1 is 1.53 bits per heavy atom. The number of hydrogen-bond acceptors (Lipinski definition) is 2. The van der Waals surface area contributed by atoms with Crippen molar-refractivity contribution in [2.45, 2.75) is 13.8 Å². The Kier molecular flexibility index (Phi) is 4.15. The summed E-state index contributed by atoms with van der Waals surface area (Å²) in [6.45, 7) is 4.66. The molecule has 0 aliphatic heterocycles. The van der Waals surface area contributed by atoms with E-state index in [1.54, 1.807) is 12.1 Å². The van der Waals surface area contributed by atoms with E-state index in [0.717, 1.165) is 4.47 Å². The van der Waals surface area contributed by atoms with Crippen LogP contribution in [-0.4, -0.2) is 12.5 Å². The second kappa shape index (κ2) is 5.16. The zero-order chi connectivity index (χ0) is 11.4. The van der Waals surface area contributed by atoms with Gasteiger partial charge in [0.05, 0.1) is 12.2 Å². The second-order valence-corrected chi connectivity index (χ2v) is 4.63. The van der Waals surface area contributed by atoms with Crippen LogP contribution in [0, 0.1) is 5.92 Å². The van der Waals surface area contributed by atoms with Gasteiger partial charge < -0.3 is 10.5 Å². The number of hydrogen-bond donors (Lipinski definition) is 1. The van der Waals surface area contributed by atoms with E-state index < -0.39 is 5.91 Å². The molecule has 1 aromatic carbocycles. The van der Waals surface area contributed by atoms with Crippen LogP contribution in [0.1, 0.15) is 24.2 Å². The van der Waals surface area contributed by atoms with E-state index in [2.05, 4.69) is 15.9 Å². The van der Waals surface area contributed by atoms with Crippen LogP contribution in [0.25, 0.3) is 0 Å². The van der Waals surface area contributed by atoms with E-state index in [1.807, 2.05) is 19.9 Å². The summed E-state index contributed by atoms with van der Waals surface area (Å²) in [6, 6.07) is 5.23. The highest BCUT2D eigenvalue weighted by Crippen LogP contribution is 2.23. The Hall–Kier alpha value is -1.03. The summed E-state index contributed by atoms with van der Waals surface area (Å²) in [7, 11) is 0. The Morgan fingerprint density at radius 2 is 2.20 bits per heavy atom. The summed E-state index contributed by atoms with van der Waals surface area (Å²) in [6.07, 6.45) is 0. The number of ether oxygens (including phenoxy) is 1. The molecule has 1 rings (SSSR count). The number of benzene rings is 1. The molecule has 1 amide bonds. The van der Waals surface area contributed by atoms with E-state index in [-0.39, 0.29) is 0 Å². The third-order valence-electron chi connectivity index (χ3n) is 1.78. The van der Waals surface area contributed by atoms with Gasteiger partial charge in [0.1, 0.15) is 5.75 Å². The maximum absolute atomic E-state index is 11.1. The molecular weight excluding hydrogens is 258 g/mol. The highest BCUT2D eigenvalue weighted by molar-refractivity contribution is 9.10. The van der Waals surface area contributed by atoms with Gasteiger partial charge in [-0.05, 0) is 24.1 Å². The van der Waals surface area contributed by atoms with Crippen molar-refractivity contribution >= 4 is 21.8 Å². The molecule has 0 saturated carbocycles. The van der Waals surface area contributed by atoms with Gasteiger partial charge in [-0.25, -0.2) is 0 Å². The molecule has 0 bridgehead atoms. The minimum atomic E-state index is -0.477. The van der Waals surface area contributed by atoms with Crippen molar-refractivity contribution in [3.8, 4) is 5.75 Å². The highest BCUT2D eigenvalue weighted by Gasteiger charge is 2.10. The van der Waals surface area contributed by atoms with Crippen LogP contribution < -0.4 is 10.5 Å². The zero-order valence-corrected chi connectivity index (χ0v) is 10.4. The number of primary amides is 1. The minimum Gasteiger partial charge on any atom is -0.492 e. The molecule has 82 valence electrons. The second-order valence-electron chi connectivity index (χ2n) is 3.71. The minimum absolute atomic E-state index is 0.407. The van der Waals surface area contributed by atoms with Crippen LogP contribution in [-0.2, 0) is 0 Å². The predicted molar refractivity (Wildman–Crippen MR) is 63.0 cm³/mol. The van der Waals surface area contributed by atoms with Crippen molar-refractivity contribution in [1.29, 1.82) is 0 Å². The maximum Gasteiger partial charge on any atom is 0.252 e. The molecule has 1 aromatic rings. The third kappa shape index (κ3) is 3.55. The first kappa shape index (κ1) is 12.0. The number of carbonyl (C=O) groups excluding carboxylic acids is 1. The molecule has 0 saturated heterocycles. The van der Waals surface area contributed by atoms with Gasteiger partial charge in [-0.2, -0.15) is 0 Å². The molecule has 3 nitrogen and oxygen atoms in total. The Bertz CT molecular complexity index is 364. The standard InChI is InChI=1S/C11H14BrNO2/c1-7(2)6-15-10-4-3-8(12)5-9(10)11(13)14/h3-5,7H,6H2,1-2H3,(H2,13,14). The van der Waals surface area contributed by atoms with Crippen molar-refractivity contribution in [1.82, 2.24) is 0 Å². The van der Waals surface area contributed by atoms with Gasteiger partial charge in [0, 0.05) is 4.47 Å². The molecular formula is C11H14BrNO2. The van der Waals surface area contributed by atoms with Crippen molar-refractivity contribution in [3.05, 3.63) is 28.2 Å². The first-order valence-electron chi connectivity index (χ1n) is 4.73. The fraction of sp³-hybridized carbons (Fsp3) is 0.364. The molecule has 0 unspecified atom stereocenters. The monoisotopic (exact) mass is 271 g/mol. The summed E-state index contributed by atoms with van der Waals surface area (Å²) < 4.78 is 6.31. The van der Waals surface area contributed by atoms with Crippen LogP contribution in [0.3, 0.4) is 0 Å². The smallest absolute Gasteiger partial charge is 0.252 e. The molecule has 15 heavy (non-hydrogen) atoms. The number of halogens is 1. The van der Waals surface area contributed by atoms with Gasteiger partial charge in [-0.15, -0.1) is 0 Å². The molecule has 4 heteroatoms. The largest absolute Gasteiger partial charge is 0.492 e. The Labute approximate surface area is 97.7 Å². The molecule has 0 radical (unpaired) electrons. The number of amides is 1. The predicted octanol–water partition coefficient (Wildman–Crippen LogP) is 2.58. The molecule has 0 aliphatic carbocycles. The average Bonchev–Trinajstić information content (AvgIpc) is 2.15. The Morgan fingerprint density at radius 3 is 2.73 bits per heavy atom. The third-order valence-corrected chi connectivity index (χ3v) is 2.27. The van der Waals surface area contributed by atoms with Gasteiger partial charge in [-0.3, -0.25) is 4.79 Å². The normalized spacial score (nSPS) is 10.4. The van der Waals surface area contributed by atoms with Gasteiger partial charge in [0.15, 0.2) is 0 Å². The first-order chi connectivity index (χ1) is 7.00. The SMILES string of the molecule is CC(C)COc1ccc(Br)cc1C(N)=O. The summed E-state index contributed by atoms with van der Waals surface area (Å²) >= 11 is 3.28. The fourth-order valence-electron chi connectivity index (χ4n) is 1.08. The lowest BCUT2D eigenvalue weighted by Crippen LogP contribution is -2.14. The van der Waals surface area contributed by atoms with Gasteiger partial charge in [-0.1, -0.05) is 29.8 Å². The molecule has 0 fully saturated rings. The van der Waals surface area contributed by atoms with Crippen LogP contribution in [0.5, 0.6) is 5.75 Å². The van der Waals surface area contributed by atoms with E-state index in [9.17, 15) is 4.79 Å². The zero-order valence-electron chi connectivity index (χ0n) is 8.79. The van der Waals surface area contributed by atoms with Gasteiger partial charge in [0.2, 0.25) is 0 Å². The highest BCUT2D eigenvalue weighted by atomic mass is 79.9. The van der Waals surface area contributed by atoms with Crippen LogP contribution in [0.2, 0.25) is 0 Å². The van der Waals surface area contributed by atoms with E-state index in [0.29, 0.717) is 23.8 Å². The van der Waals surface area contributed by atoms with Crippen LogP contribution >= 0.6 is 15.9 Å². The van der Waals surface area contributed by atoms with E-state index in [1.165, 1.54) is 0 Å². The van der Waals surface area contributed by atoms with Crippen molar-refractivity contribution in [2.24, 2.45) is 11.7 Å². The molecule has 0 aromatic heterocycles. The number of rotatable bonds is 4. The summed E-state index contributed by atoms with van der Waals surface area (Å²) in [5.74, 6) is 0.476. The summed E-state index contributed by atoms with van der Waals surface area (Å²) in [5, 5.41) is 0. The van der Waals surface area contributed by atoms with Crippen molar-refractivity contribution in [2.75, 3.05) is 6.61 Å². The van der Waals surface area contributed by atoms with E-state index >= 15 is 0 Å². The lowest BCUT2D eigenvalue weighted by atomic mass is 10.2. The van der Waals surface area contributed by atoms with E-state index in [4.69, 9.17) is 10.5 Å². The van der Waals surface area contributed by atoms with Gasteiger partial charge in [0.25, 0.3) is 5.91 Å². The lowest BCUT2D eigenvalue weighted by Gasteiger charge is -2.11. The lowest BCUT2D eigenvalue weighted by molar-refractivity contribution is 0.0995. The molecule has 0 aliphatic rings. The van der Waals surface area contributed by atoms with Crippen LogP contribution in [0.15, 0.2) is 22.7 Å². The first-order valence-corrected chi connectivity index (χ1v) is 5.52. The summed E-state index contributed by atoms with van der Waals surface area (Å²) in [5.41, 5.74) is 5.66. The fourth-order valence-corrected chi connectivity index (χ4v) is 1.44. The topological polar surface area (TPSA) is 52.3 Å². The van der Waals surface area contributed by atoms with Crippen molar-refractivity contribution < 1.29 is 9.53 Å². The summed E-state index contributed by atoms with van der Waals surface area (Å²) in [4.78, 5) is 11.1. The molecule has 2 N–H and O–H groups in total. The molecule has 0 atom stereocenters.